The van der Waals surface area contributed by atoms with Crippen molar-refractivity contribution < 1.29 is 4.79 Å². The third kappa shape index (κ3) is 5.80. The average Bonchev–Trinajstić information content (AvgIpc) is 2.51. The lowest BCUT2D eigenvalue weighted by atomic mass is 10.2. The van der Waals surface area contributed by atoms with Gasteiger partial charge in [0.05, 0.1) is 0 Å². The van der Waals surface area contributed by atoms with Gasteiger partial charge in [-0.05, 0) is 24.3 Å². The number of nitrogens with two attached hydrogens (primary N) is 1. The van der Waals surface area contributed by atoms with Crippen molar-refractivity contribution in [3.05, 3.63) is 36.4 Å². The molecule has 0 aliphatic carbocycles. The highest BCUT2D eigenvalue weighted by atomic mass is 35.6. The number of carbonyl (C=O) groups excluding carboxylic acids is 1. The van der Waals surface area contributed by atoms with Crippen LogP contribution >= 0.6 is 46.6 Å². The Kier molecular flexibility index (Phi) is 6.47. The number of carbonyl (C=O) groups is 1. The maximum absolute atomic E-state index is 10.7. The number of nitrogens with zero attached hydrogens (tertiary/aromatic N) is 3. The molecular formula is C14H13Cl3N4OS. The van der Waals surface area contributed by atoms with Crippen molar-refractivity contribution in [3.63, 3.8) is 0 Å². The third-order valence-corrected chi connectivity index (χ3v) is 4.38. The first-order chi connectivity index (χ1) is 10.9. The van der Waals surface area contributed by atoms with Gasteiger partial charge in [-0.15, -0.1) is 11.8 Å². The number of hydrogen-bond acceptors (Lipinski definition) is 5. The van der Waals surface area contributed by atoms with Gasteiger partial charge in [-0.1, -0.05) is 46.9 Å². The molecule has 0 fully saturated rings. The number of primary amides is 1. The predicted octanol–water partition coefficient (Wildman–Crippen LogP) is 3.72. The molecule has 2 rings (SSSR count). The Balaban J connectivity index is 2.03. The number of benzene rings is 1. The van der Waals surface area contributed by atoms with Crippen LogP contribution in [0.25, 0.3) is 11.4 Å². The Labute approximate surface area is 153 Å². The van der Waals surface area contributed by atoms with Crippen LogP contribution in [-0.2, 0) is 8.59 Å². The Morgan fingerprint density at radius 1 is 1.17 bits per heavy atom. The second-order valence-electron chi connectivity index (χ2n) is 4.57. The Morgan fingerprint density at radius 2 is 1.87 bits per heavy atom. The van der Waals surface area contributed by atoms with Crippen LogP contribution in [0, 0.1) is 0 Å². The van der Waals surface area contributed by atoms with E-state index in [1.54, 1.807) is 11.8 Å². The highest BCUT2D eigenvalue weighted by Crippen LogP contribution is 2.36. The number of aromatic nitrogens is 3. The molecular weight excluding hydrogens is 379 g/mol. The molecule has 2 aromatic rings. The molecule has 0 saturated carbocycles. The first-order valence-corrected chi connectivity index (χ1v) is 8.76. The molecule has 1 aromatic heterocycles. The topological polar surface area (TPSA) is 81.8 Å². The van der Waals surface area contributed by atoms with Gasteiger partial charge in [0, 0.05) is 16.9 Å². The zero-order chi connectivity index (χ0) is 16.9. The van der Waals surface area contributed by atoms with Gasteiger partial charge in [-0.2, -0.15) is 0 Å². The number of hydrogen-bond donors (Lipinski definition) is 1. The molecule has 1 amide bonds. The van der Waals surface area contributed by atoms with Crippen molar-refractivity contribution >= 4 is 52.5 Å². The molecule has 0 bridgehead atoms. The molecule has 9 heteroatoms. The van der Waals surface area contributed by atoms with Crippen LogP contribution < -0.4 is 5.73 Å². The second-order valence-corrected chi connectivity index (χ2v) is 8.02. The summed E-state index contributed by atoms with van der Waals surface area (Å²) in [5, 5.41) is 0. The van der Waals surface area contributed by atoms with E-state index in [0.29, 0.717) is 12.2 Å². The summed E-state index contributed by atoms with van der Waals surface area (Å²) < 4.78 is -1.69. The maximum Gasteiger partial charge on any atom is 0.250 e. The van der Waals surface area contributed by atoms with Gasteiger partial charge in [0.1, 0.15) is 6.33 Å². The molecule has 0 atom stereocenters. The summed E-state index contributed by atoms with van der Waals surface area (Å²) in [6.07, 6.45) is 2.46. The average molecular weight is 392 g/mol. The molecule has 0 unspecified atom stereocenters. The van der Waals surface area contributed by atoms with E-state index in [4.69, 9.17) is 40.5 Å². The fourth-order valence-corrected chi connectivity index (χ4v) is 2.83. The van der Waals surface area contributed by atoms with Gasteiger partial charge in [0.15, 0.2) is 11.6 Å². The van der Waals surface area contributed by atoms with Gasteiger partial charge in [-0.3, -0.25) is 4.79 Å². The molecule has 0 aliphatic heterocycles. The minimum atomic E-state index is -1.69. The number of amides is 1. The van der Waals surface area contributed by atoms with Crippen molar-refractivity contribution in [2.75, 3.05) is 5.75 Å². The molecule has 0 aliphatic rings. The zero-order valence-electron chi connectivity index (χ0n) is 11.9. The number of thioether (sulfide) groups is 1. The third-order valence-electron chi connectivity index (χ3n) is 2.77. The molecule has 1 heterocycles. The fraction of sp³-hybridized carbons (Fsp3) is 0.286. The smallest absolute Gasteiger partial charge is 0.250 e. The summed E-state index contributed by atoms with van der Waals surface area (Å²) in [6.45, 7) is 0. The van der Waals surface area contributed by atoms with Gasteiger partial charge in [0.25, 0.3) is 0 Å². The van der Waals surface area contributed by atoms with E-state index in [9.17, 15) is 4.79 Å². The standard InChI is InChI=1S/C14H13Cl3N4OS/c15-14(16,17)13-20-8-19-12(21-13)9-3-5-10(6-4-9)23-7-1-2-11(18)22/h3-6,8H,1-2,7H2,(H2,18,22). The molecule has 23 heavy (non-hydrogen) atoms. The summed E-state index contributed by atoms with van der Waals surface area (Å²) >= 11 is 19.0. The summed E-state index contributed by atoms with van der Waals surface area (Å²) in [4.78, 5) is 23.9. The fourth-order valence-electron chi connectivity index (χ4n) is 1.71. The second kappa shape index (κ2) is 8.15. The quantitative estimate of drug-likeness (QED) is 0.461. The van der Waals surface area contributed by atoms with Crippen LogP contribution in [0.15, 0.2) is 35.5 Å². The highest BCUT2D eigenvalue weighted by molar-refractivity contribution is 7.99. The van der Waals surface area contributed by atoms with Crippen molar-refractivity contribution in [1.82, 2.24) is 15.0 Å². The van der Waals surface area contributed by atoms with E-state index < -0.39 is 3.79 Å². The minimum absolute atomic E-state index is 0.0809. The molecule has 1 aromatic carbocycles. The predicted molar refractivity (Wildman–Crippen MR) is 93.7 cm³/mol. The Hall–Kier alpha value is -1.08. The summed E-state index contributed by atoms with van der Waals surface area (Å²) in [7, 11) is 0. The first-order valence-electron chi connectivity index (χ1n) is 6.64. The maximum atomic E-state index is 10.7. The first kappa shape index (κ1) is 18.3. The lowest BCUT2D eigenvalue weighted by Gasteiger charge is -2.09. The molecule has 5 nitrogen and oxygen atoms in total. The van der Waals surface area contributed by atoms with Crippen LogP contribution in [0.1, 0.15) is 18.7 Å². The molecule has 122 valence electrons. The van der Waals surface area contributed by atoms with E-state index in [1.807, 2.05) is 24.3 Å². The number of rotatable bonds is 6. The van der Waals surface area contributed by atoms with E-state index in [0.717, 1.165) is 22.6 Å². The largest absolute Gasteiger partial charge is 0.370 e. The monoisotopic (exact) mass is 390 g/mol. The van der Waals surface area contributed by atoms with Gasteiger partial charge in [0.2, 0.25) is 9.70 Å². The number of halogens is 3. The SMILES string of the molecule is NC(=O)CCCSc1ccc(-c2ncnc(C(Cl)(Cl)Cl)n2)cc1. The van der Waals surface area contributed by atoms with Gasteiger partial charge >= 0.3 is 0 Å². The lowest BCUT2D eigenvalue weighted by molar-refractivity contribution is -0.118. The van der Waals surface area contributed by atoms with Crippen molar-refractivity contribution in [2.45, 2.75) is 21.5 Å². The van der Waals surface area contributed by atoms with Crippen LogP contribution in [-0.4, -0.2) is 26.6 Å². The van der Waals surface area contributed by atoms with Crippen molar-refractivity contribution in [3.8, 4) is 11.4 Å². The van der Waals surface area contributed by atoms with E-state index in [1.165, 1.54) is 6.33 Å². The van der Waals surface area contributed by atoms with Gasteiger partial charge in [-0.25, -0.2) is 15.0 Å². The Bertz CT molecular complexity index is 676. The minimum Gasteiger partial charge on any atom is -0.370 e. The molecule has 2 N–H and O–H groups in total. The van der Waals surface area contributed by atoms with Gasteiger partial charge < -0.3 is 5.73 Å². The van der Waals surface area contributed by atoms with Crippen molar-refractivity contribution in [2.24, 2.45) is 5.73 Å². The zero-order valence-corrected chi connectivity index (χ0v) is 15.0. The van der Waals surface area contributed by atoms with E-state index in [-0.39, 0.29) is 11.7 Å². The van der Waals surface area contributed by atoms with E-state index >= 15 is 0 Å². The molecule has 0 spiro atoms. The summed E-state index contributed by atoms with van der Waals surface area (Å²) in [5.41, 5.74) is 5.90. The van der Waals surface area contributed by atoms with Crippen LogP contribution in [0.4, 0.5) is 0 Å². The Morgan fingerprint density at radius 3 is 2.48 bits per heavy atom. The molecule has 0 saturated heterocycles. The van der Waals surface area contributed by atoms with Crippen LogP contribution in [0.2, 0.25) is 0 Å². The normalized spacial score (nSPS) is 11.4. The van der Waals surface area contributed by atoms with Crippen LogP contribution in [0.5, 0.6) is 0 Å². The van der Waals surface area contributed by atoms with Crippen LogP contribution in [0.3, 0.4) is 0 Å². The lowest BCUT2D eigenvalue weighted by Crippen LogP contribution is -2.09. The summed E-state index contributed by atoms with van der Waals surface area (Å²) in [6, 6.07) is 7.66. The highest BCUT2D eigenvalue weighted by Gasteiger charge is 2.27. The summed E-state index contributed by atoms with van der Waals surface area (Å²) in [5.74, 6) is 1.07. The number of alkyl halides is 3. The van der Waals surface area contributed by atoms with Crippen molar-refractivity contribution in [1.29, 1.82) is 0 Å². The van der Waals surface area contributed by atoms with E-state index in [2.05, 4.69) is 15.0 Å². The molecule has 0 radical (unpaired) electrons.